The number of hydrogen-bond donors (Lipinski definition) is 0. The lowest BCUT2D eigenvalue weighted by atomic mass is 10.0. The van der Waals surface area contributed by atoms with E-state index in [0.29, 0.717) is 6.54 Å². The quantitative estimate of drug-likeness (QED) is 0.761. The van der Waals surface area contributed by atoms with Gasteiger partial charge in [-0.15, -0.1) is 0 Å². The molecule has 0 spiro atoms. The Labute approximate surface area is 127 Å². The average Bonchev–Trinajstić information content (AvgIpc) is 2.50. The molecule has 0 heterocycles. The molecule has 0 bridgehead atoms. The number of nitrogens with zero attached hydrogens (tertiary/aromatic N) is 1. The lowest BCUT2D eigenvalue weighted by Crippen LogP contribution is -2.41. The lowest BCUT2D eigenvalue weighted by Gasteiger charge is -2.32. The first-order valence-electron chi connectivity index (χ1n) is 7.51. The molecule has 0 radical (unpaired) electrons. The van der Waals surface area contributed by atoms with Crippen LogP contribution in [0.15, 0.2) is 24.3 Å². The van der Waals surface area contributed by atoms with Gasteiger partial charge in [0.2, 0.25) is 0 Å². The van der Waals surface area contributed by atoms with E-state index in [9.17, 15) is 9.18 Å². The predicted molar refractivity (Wildman–Crippen MR) is 83.1 cm³/mol. The average molecular weight is 295 g/mol. The van der Waals surface area contributed by atoms with E-state index in [2.05, 4.69) is 0 Å². The van der Waals surface area contributed by atoms with E-state index in [0.717, 1.165) is 17.7 Å². The molecule has 0 fully saturated rings. The zero-order valence-electron chi connectivity index (χ0n) is 13.6. The zero-order chi connectivity index (χ0) is 16.0. The Kier molecular flexibility index (Phi) is 6.66. The second kappa shape index (κ2) is 8.01. The van der Waals surface area contributed by atoms with Gasteiger partial charge in [-0.2, -0.15) is 0 Å². The molecular formula is C17H26FNO2. The summed E-state index contributed by atoms with van der Waals surface area (Å²) in [5.41, 5.74) is 0.901. The lowest BCUT2D eigenvalue weighted by molar-refractivity contribution is -0.140. The van der Waals surface area contributed by atoms with Crippen molar-refractivity contribution in [1.82, 2.24) is 4.90 Å². The summed E-state index contributed by atoms with van der Waals surface area (Å²) in [6.07, 6.45) is -0.676. The Morgan fingerprint density at radius 3 is 2.43 bits per heavy atom. The molecular weight excluding hydrogens is 269 g/mol. The van der Waals surface area contributed by atoms with E-state index in [1.165, 1.54) is 0 Å². The van der Waals surface area contributed by atoms with E-state index < -0.39 is 12.1 Å². The summed E-state index contributed by atoms with van der Waals surface area (Å²) in [5, 5.41) is 0. The molecule has 0 aliphatic rings. The van der Waals surface area contributed by atoms with Crippen LogP contribution in [0.4, 0.5) is 4.39 Å². The molecule has 1 aromatic rings. The van der Waals surface area contributed by atoms with E-state index in [1.807, 2.05) is 38.1 Å². The summed E-state index contributed by atoms with van der Waals surface area (Å²) in [6.45, 7) is 7.88. The van der Waals surface area contributed by atoms with E-state index >= 15 is 0 Å². The maximum Gasteiger partial charge on any atom is 0.257 e. The Balaban J connectivity index is 3.07. The van der Waals surface area contributed by atoms with Gasteiger partial charge in [0, 0.05) is 12.1 Å². The molecule has 2 unspecified atom stereocenters. The molecule has 21 heavy (non-hydrogen) atoms. The van der Waals surface area contributed by atoms with E-state index in [1.54, 1.807) is 25.9 Å². The summed E-state index contributed by atoms with van der Waals surface area (Å²) < 4.78 is 19.5. The summed E-state index contributed by atoms with van der Waals surface area (Å²) in [5.74, 6) is -0.0363. The molecule has 0 aliphatic heterocycles. The van der Waals surface area contributed by atoms with Gasteiger partial charge in [-0.3, -0.25) is 4.79 Å². The smallest absolute Gasteiger partial charge is 0.257 e. The number of halogens is 1. The second-order valence-corrected chi connectivity index (χ2v) is 5.60. The fourth-order valence-corrected chi connectivity index (χ4v) is 2.36. The van der Waals surface area contributed by atoms with Crippen LogP contribution in [0.2, 0.25) is 0 Å². The number of ether oxygens (including phenoxy) is 1. The van der Waals surface area contributed by atoms with Crippen molar-refractivity contribution >= 4 is 5.91 Å². The minimum absolute atomic E-state index is 0.217. The first kappa shape index (κ1) is 17.5. The molecule has 0 saturated carbocycles. The number of carbonyl (C=O) groups is 1. The normalized spacial score (nSPS) is 13.9. The van der Waals surface area contributed by atoms with Crippen molar-refractivity contribution in [2.75, 3.05) is 13.7 Å². The number of rotatable bonds is 7. The summed E-state index contributed by atoms with van der Waals surface area (Å²) in [4.78, 5) is 14.0. The number of hydrogen-bond acceptors (Lipinski definition) is 2. The van der Waals surface area contributed by atoms with Gasteiger partial charge in [0.15, 0.2) is 6.17 Å². The van der Waals surface area contributed by atoms with Crippen molar-refractivity contribution in [1.29, 1.82) is 0 Å². The highest BCUT2D eigenvalue weighted by atomic mass is 19.1. The maximum absolute atomic E-state index is 14.1. The molecule has 0 N–H and O–H groups in total. The number of methoxy groups -OCH3 is 1. The van der Waals surface area contributed by atoms with Crippen molar-refractivity contribution in [3.63, 3.8) is 0 Å². The first-order valence-corrected chi connectivity index (χ1v) is 7.51. The molecule has 0 aromatic heterocycles. The van der Waals surface area contributed by atoms with Crippen LogP contribution in [-0.2, 0) is 4.79 Å². The van der Waals surface area contributed by atoms with Crippen LogP contribution in [0.5, 0.6) is 5.75 Å². The summed E-state index contributed by atoms with van der Waals surface area (Å²) in [6, 6.07) is 7.34. The number of alkyl halides is 1. The molecule has 0 aliphatic carbocycles. The Bertz CT molecular complexity index is 462. The molecule has 1 aromatic carbocycles. The standard InChI is InChI=1S/C17H26FNO2/c1-6-11-19(17(20)16(18)12(2)3)13(4)14-9-7-8-10-15(14)21-5/h7-10,12-13,16H,6,11H2,1-5H3. The van der Waals surface area contributed by atoms with Crippen molar-refractivity contribution in [3.05, 3.63) is 29.8 Å². The van der Waals surface area contributed by atoms with Crippen LogP contribution in [0.25, 0.3) is 0 Å². The molecule has 2 atom stereocenters. The predicted octanol–water partition coefficient (Wildman–Crippen LogP) is 3.99. The Morgan fingerprint density at radius 1 is 1.29 bits per heavy atom. The maximum atomic E-state index is 14.1. The van der Waals surface area contributed by atoms with Gasteiger partial charge in [0.1, 0.15) is 5.75 Å². The third-order valence-corrected chi connectivity index (χ3v) is 3.63. The SMILES string of the molecule is CCCN(C(=O)C(F)C(C)C)C(C)c1ccccc1OC. The molecule has 0 saturated heterocycles. The van der Waals surface area contributed by atoms with Crippen LogP contribution in [0.3, 0.4) is 0 Å². The van der Waals surface area contributed by atoms with Gasteiger partial charge >= 0.3 is 0 Å². The molecule has 118 valence electrons. The van der Waals surface area contributed by atoms with Crippen LogP contribution in [0.1, 0.15) is 45.7 Å². The second-order valence-electron chi connectivity index (χ2n) is 5.60. The number of benzene rings is 1. The van der Waals surface area contributed by atoms with Gasteiger partial charge in [0.25, 0.3) is 5.91 Å². The largest absolute Gasteiger partial charge is 0.496 e. The minimum Gasteiger partial charge on any atom is -0.496 e. The van der Waals surface area contributed by atoms with Crippen molar-refractivity contribution in [2.45, 2.75) is 46.3 Å². The van der Waals surface area contributed by atoms with Crippen LogP contribution < -0.4 is 4.74 Å². The highest BCUT2D eigenvalue weighted by molar-refractivity contribution is 5.81. The Hall–Kier alpha value is -1.58. The van der Waals surface area contributed by atoms with E-state index in [-0.39, 0.29) is 12.0 Å². The van der Waals surface area contributed by atoms with Crippen molar-refractivity contribution in [2.24, 2.45) is 5.92 Å². The van der Waals surface area contributed by atoms with Gasteiger partial charge < -0.3 is 9.64 Å². The minimum atomic E-state index is -1.46. The molecule has 1 rings (SSSR count). The van der Waals surface area contributed by atoms with Crippen LogP contribution in [0, 0.1) is 5.92 Å². The first-order chi connectivity index (χ1) is 9.93. The van der Waals surface area contributed by atoms with Crippen LogP contribution in [-0.4, -0.2) is 30.6 Å². The topological polar surface area (TPSA) is 29.5 Å². The van der Waals surface area contributed by atoms with Gasteiger partial charge in [-0.25, -0.2) is 4.39 Å². The van der Waals surface area contributed by atoms with Crippen molar-refractivity contribution < 1.29 is 13.9 Å². The number of carbonyl (C=O) groups excluding carboxylic acids is 1. The fraction of sp³-hybridized carbons (Fsp3) is 0.588. The monoisotopic (exact) mass is 295 g/mol. The zero-order valence-corrected chi connectivity index (χ0v) is 13.6. The van der Waals surface area contributed by atoms with E-state index in [4.69, 9.17) is 4.74 Å². The van der Waals surface area contributed by atoms with Crippen molar-refractivity contribution in [3.8, 4) is 5.75 Å². The van der Waals surface area contributed by atoms with Gasteiger partial charge in [0.05, 0.1) is 13.2 Å². The highest BCUT2D eigenvalue weighted by Gasteiger charge is 2.30. The number of amides is 1. The Morgan fingerprint density at radius 2 is 1.90 bits per heavy atom. The molecule has 4 heteroatoms. The third-order valence-electron chi connectivity index (χ3n) is 3.63. The summed E-state index contributed by atoms with van der Waals surface area (Å²) in [7, 11) is 1.60. The third kappa shape index (κ3) is 4.19. The summed E-state index contributed by atoms with van der Waals surface area (Å²) >= 11 is 0. The highest BCUT2D eigenvalue weighted by Crippen LogP contribution is 2.30. The number of para-hydroxylation sites is 1. The van der Waals surface area contributed by atoms with Gasteiger partial charge in [-0.1, -0.05) is 39.0 Å². The van der Waals surface area contributed by atoms with Gasteiger partial charge in [-0.05, 0) is 25.3 Å². The van der Waals surface area contributed by atoms with Crippen LogP contribution >= 0.6 is 0 Å². The molecule has 3 nitrogen and oxygen atoms in total. The molecule has 1 amide bonds. The fourth-order valence-electron chi connectivity index (χ4n) is 2.36.